The number of carbonyl (C=O) groups excluding carboxylic acids is 1. The number of ether oxygens (including phenoxy) is 2. The number of aromatic nitrogens is 2. The molecule has 2 aliphatic rings. The van der Waals surface area contributed by atoms with Crippen molar-refractivity contribution in [3.63, 3.8) is 0 Å². The van der Waals surface area contributed by atoms with Gasteiger partial charge in [0.25, 0.3) is 5.91 Å². The molecule has 172 valence electrons. The van der Waals surface area contributed by atoms with E-state index in [1.165, 1.54) is 0 Å². The van der Waals surface area contributed by atoms with Gasteiger partial charge in [0.05, 0.1) is 37.1 Å². The summed E-state index contributed by atoms with van der Waals surface area (Å²) in [6.07, 6.45) is 0.937. The van der Waals surface area contributed by atoms with E-state index in [-0.39, 0.29) is 17.4 Å². The van der Waals surface area contributed by atoms with Crippen LogP contribution in [0.2, 0.25) is 0 Å². The molecule has 9 heteroatoms. The van der Waals surface area contributed by atoms with Crippen molar-refractivity contribution in [2.24, 2.45) is 0 Å². The van der Waals surface area contributed by atoms with Crippen LogP contribution in [0.3, 0.4) is 0 Å². The van der Waals surface area contributed by atoms with Crippen molar-refractivity contribution >= 4 is 15.7 Å². The van der Waals surface area contributed by atoms with E-state index in [4.69, 9.17) is 14.6 Å². The van der Waals surface area contributed by atoms with Gasteiger partial charge in [-0.3, -0.25) is 4.79 Å². The van der Waals surface area contributed by atoms with E-state index >= 15 is 0 Å². The molecule has 1 amide bonds. The Labute approximate surface area is 192 Å². The third kappa shape index (κ3) is 3.76. The Morgan fingerprint density at radius 2 is 1.82 bits per heavy atom. The number of carbonyl (C=O) groups is 1. The van der Waals surface area contributed by atoms with Gasteiger partial charge in [0.1, 0.15) is 0 Å². The van der Waals surface area contributed by atoms with Gasteiger partial charge in [-0.05, 0) is 43.2 Å². The minimum atomic E-state index is -3.10. The Morgan fingerprint density at radius 3 is 2.45 bits per heavy atom. The Hall–Kier alpha value is -3.33. The molecule has 0 unspecified atom stereocenters. The quantitative estimate of drug-likeness (QED) is 0.485. The first kappa shape index (κ1) is 21.5. The van der Waals surface area contributed by atoms with E-state index in [9.17, 15) is 13.2 Å². The highest BCUT2D eigenvalue weighted by atomic mass is 32.2. The highest BCUT2D eigenvalue weighted by molar-refractivity contribution is 7.91. The van der Waals surface area contributed by atoms with Gasteiger partial charge < -0.3 is 14.8 Å². The van der Waals surface area contributed by atoms with Crippen LogP contribution in [-0.4, -0.2) is 55.9 Å². The van der Waals surface area contributed by atoms with Gasteiger partial charge in [-0.1, -0.05) is 17.7 Å². The standard InChI is InChI=1S/C24H25N3O5S/c1-14-4-6-17(7-5-14)27-23-18-12-21(32-3)20(31-2)11-15(18)10-19(23)22(26-27)24(28)25-16-8-9-33(29,30)13-16/h4-7,11-12,16H,8-10,13H2,1-3H3,(H,25,28)/t16-/m1/s1. The molecule has 0 spiro atoms. The summed E-state index contributed by atoms with van der Waals surface area (Å²) in [5, 5.41) is 7.57. The Kier molecular flexibility index (Phi) is 5.16. The van der Waals surface area contributed by atoms with Crippen LogP contribution in [0.15, 0.2) is 36.4 Å². The van der Waals surface area contributed by atoms with E-state index in [1.807, 2.05) is 43.3 Å². The van der Waals surface area contributed by atoms with Crippen LogP contribution in [0.5, 0.6) is 11.5 Å². The Morgan fingerprint density at radius 1 is 1.12 bits per heavy atom. The molecule has 5 rings (SSSR count). The summed E-state index contributed by atoms with van der Waals surface area (Å²) in [6.45, 7) is 2.01. The van der Waals surface area contributed by atoms with Crippen molar-refractivity contribution < 1.29 is 22.7 Å². The predicted octanol–water partition coefficient (Wildman–Crippen LogP) is 2.69. The lowest BCUT2D eigenvalue weighted by atomic mass is 10.1. The zero-order valence-electron chi connectivity index (χ0n) is 18.7. The molecular weight excluding hydrogens is 442 g/mol. The monoisotopic (exact) mass is 467 g/mol. The molecule has 0 bridgehead atoms. The second-order valence-corrected chi connectivity index (χ2v) is 10.8. The zero-order valence-corrected chi connectivity index (χ0v) is 19.5. The number of rotatable bonds is 5. The second-order valence-electron chi connectivity index (χ2n) is 8.54. The summed E-state index contributed by atoms with van der Waals surface area (Å²) < 4.78 is 36.4. The molecule has 3 aromatic rings. The summed E-state index contributed by atoms with van der Waals surface area (Å²) in [5.74, 6) is 0.930. The number of benzene rings is 2. The second kappa shape index (κ2) is 7.91. The minimum Gasteiger partial charge on any atom is -0.493 e. The highest BCUT2D eigenvalue weighted by Crippen LogP contribution is 2.44. The molecule has 1 saturated heterocycles. The van der Waals surface area contributed by atoms with Crippen LogP contribution in [0.25, 0.3) is 16.9 Å². The number of aryl methyl sites for hydroxylation is 1. The number of hydrogen-bond donors (Lipinski definition) is 1. The number of nitrogens with zero attached hydrogens (tertiary/aromatic N) is 2. The molecular formula is C24H25N3O5S. The van der Waals surface area contributed by atoms with Crippen LogP contribution in [0, 0.1) is 6.92 Å². The molecule has 1 atom stereocenters. The Bertz CT molecular complexity index is 1360. The van der Waals surface area contributed by atoms with Crippen molar-refractivity contribution in [3.8, 4) is 28.4 Å². The van der Waals surface area contributed by atoms with Crippen LogP contribution in [-0.2, 0) is 16.3 Å². The number of hydrogen-bond acceptors (Lipinski definition) is 6. The molecule has 1 fully saturated rings. The van der Waals surface area contributed by atoms with Crippen molar-refractivity contribution in [1.82, 2.24) is 15.1 Å². The van der Waals surface area contributed by atoms with Gasteiger partial charge in [-0.2, -0.15) is 5.10 Å². The number of nitrogens with one attached hydrogen (secondary N) is 1. The van der Waals surface area contributed by atoms with Gasteiger partial charge in [0, 0.05) is 23.6 Å². The maximum atomic E-state index is 13.2. The smallest absolute Gasteiger partial charge is 0.272 e. The average molecular weight is 468 g/mol. The highest BCUT2D eigenvalue weighted by Gasteiger charge is 2.35. The summed E-state index contributed by atoms with van der Waals surface area (Å²) >= 11 is 0. The van der Waals surface area contributed by atoms with E-state index in [1.54, 1.807) is 18.9 Å². The molecule has 1 N–H and O–H groups in total. The predicted molar refractivity (Wildman–Crippen MR) is 124 cm³/mol. The van der Waals surface area contributed by atoms with E-state index in [0.29, 0.717) is 30.0 Å². The first-order valence-corrected chi connectivity index (χ1v) is 12.6. The van der Waals surface area contributed by atoms with E-state index < -0.39 is 15.9 Å². The number of amides is 1. The van der Waals surface area contributed by atoms with Gasteiger partial charge in [0.2, 0.25) is 0 Å². The van der Waals surface area contributed by atoms with Crippen LogP contribution >= 0.6 is 0 Å². The fourth-order valence-corrected chi connectivity index (χ4v) is 6.26. The lowest BCUT2D eigenvalue weighted by Gasteiger charge is -2.12. The molecule has 0 saturated carbocycles. The number of methoxy groups -OCH3 is 2. The Balaban J connectivity index is 1.61. The largest absolute Gasteiger partial charge is 0.493 e. The van der Waals surface area contributed by atoms with E-state index in [2.05, 4.69) is 5.32 Å². The maximum Gasteiger partial charge on any atom is 0.272 e. The molecule has 2 aromatic carbocycles. The zero-order chi connectivity index (χ0) is 23.3. The van der Waals surface area contributed by atoms with E-state index in [0.717, 1.165) is 33.6 Å². The summed E-state index contributed by atoms with van der Waals surface area (Å²) in [6, 6.07) is 11.4. The number of fused-ring (bicyclic) bond motifs is 3. The van der Waals surface area contributed by atoms with Crippen LogP contribution in [0.4, 0.5) is 0 Å². The van der Waals surface area contributed by atoms with Gasteiger partial charge >= 0.3 is 0 Å². The van der Waals surface area contributed by atoms with Crippen molar-refractivity contribution in [1.29, 1.82) is 0 Å². The van der Waals surface area contributed by atoms with Gasteiger partial charge in [-0.15, -0.1) is 0 Å². The first-order valence-electron chi connectivity index (χ1n) is 10.7. The number of sulfone groups is 1. The van der Waals surface area contributed by atoms with Gasteiger partial charge in [0.15, 0.2) is 27.0 Å². The lowest BCUT2D eigenvalue weighted by molar-refractivity contribution is 0.0935. The molecule has 1 aliphatic carbocycles. The SMILES string of the molecule is COc1cc2c(cc1OC)-c1c(c(C(=O)N[C@@H]3CCS(=O)(=O)C3)nn1-c1ccc(C)cc1)C2. The van der Waals surface area contributed by atoms with Crippen LogP contribution < -0.4 is 14.8 Å². The molecule has 33 heavy (non-hydrogen) atoms. The van der Waals surface area contributed by atoms with Crippen LogP contribution in [0.1, 0.15) is 33.6 Å². The summed E-state index contributed by atoms with van der Waals surface area (Å²) in [5.41, 5.74) is 5.84. The average Bonchev–Trinajstić information content (AvgIpc) is 3.44. The maximum absolute atomic E-state index is 13.2. The minimum absolute atomic E-state index is 0.0335. The van der Waals surface area contributed by atoms with Gasteiger partial charge in [-0.25, -0.2) is 13.1 Å². The normalized spacial score (nSPS) is 18.0. The molecule has 2 heterocycles. The first-order chi connectivity index (χ1) is 15.8. The van der Waals surface area contributed by atoms with Crippen molar-refractivity contribution in [2.75, 3.05) is 25.7 Å². The third-order valence-corrected chi connectivity index (χ3v) is 8.04. The fourth-order valence-electron chi connectivity index (χ4n) is 4.59. The molecule has 8 nitrogen and oxygen atoms in total. The summed E-state index contributed by atoms with van der Waals surface area (Å²) in [7, 11) is 0.0775. The topological polar surface area (TPSA) is 99.5 Å². The summed E-state index contributed by atoms with van der Waals surface area (Å²) in [4.78, 5) is 13.2. The lowest BCUT2D eigenvalue weighted by Crippen LogP contribution is -2.36. The molecule has 1 aliphatic heterocycles. The third-order valence-electron chi connectivity index (χ3n) is 6.28. The fraction of sp³-hybridized carbons (Fsp3) is 0.333. The molecule has 0 radical (unpaired) electrons. The van der Waals surface area contributed by atoms with Crippen molar-refractivity contribution in [2.45, 2.75) is 25.8 Å². The molecule has 1 aromatic heterocycles. The van der Waals surface area contributed by atoms with Crippen molar-refractivity contribution in [3.05, 3.63) is 58.8 Å².